The Labute approximate surface area is 162 Å². The predicted octanol–water partition coefficient (Wildman–Crippen LogP) is 2.81. The van der Waals surface area contributed by atoms with Gasteiger partial charge in [0.05, 0.1) is 17.5 Å². The van der Waals surface area contributed by atoms with Crippen molar-refractivity contribution in [2.75, 3.05) is 13.1 Å². The van der Waals surface area contributed by atoms with E-state index in [1.807, 2.05) is 37.3 Å². The minimum absolute atomic E-state index is 0.0306. The van der Waals surface area contributed by atoms with E-state index < -0.39 is 0 Å². The highest BCUT2D eigenvalue weighted by Gasteiger charge is 2.26. The minimum Gasteiger partial charge on any atom is -0.472 e. The second-order valence-corrected chi connectivity index (χ2v) is 6.97. The summed E-state index contributed by atoms with van der Waals surface area (Å²) in [5, 5.41) is 7.50. The monoisotopic (exact) mass is 378 g/mol. The third-order valence-corrected chi connectivity index (χ3v) is 5.01. The first-order valence-electron chi connectivity index (χ1n) is 9.36. The van der Waals surface area contributed by atoms with Gasteiger partial charge in [-0.25, -0.2) is 4.68 Å². The number of carbonyl (C=O) groups excluding carboxylic acids is 2. The van der Waals surface area contributed by atoms with Gasteiger partial charge in [-0.2, -0.15) is 5.10 Å². The number of likely N-dealkylation sites (tertiary alicyclic amines) is 1. The van der Waals surface area contributed by atoms with Crippen LogP contribution in [-0.4, -0.2) is 45.6 Å². The van der Waals surface area contributed by atoms with Gasteiger partial charge in [-0.1, -0.05) is 18.2 Å². The fourth-order valence-electron chi connectivity index (χ4n) is 3.47. The van der Waals surface area contributed by atoms with Crippen LogP contribution in [0, 0.1) is 6.92 Å². The van der Waals surface area contributed by atoms with E-state index in [9.17, 15) is 9.59 Å². The molecule has 1 saturated heterocycles. The Bertz CT molecular complexity index is 955. The van der Waals surface area contributed by atoms with Gasteiger partial charge < -0.3 is 14.6 Å². The number of hydrogen-bond donors (Lipinski definition) is 1. The van der Waals surface area contributed by atoms with Crippen LogP contribution in [0.15, 0.2) is 59.4 Å². The molecule has 0 saturated carbocycles. The first-order chi connectivity index (χ1) is 13.6. The molecule has 1 aliphatic heterocycles. The van der Waals surface area contributed by atoms with Gasteiger partial charge in [-0.05, 0) is 44.0 Å². The van der Waals surface area contributed by atoms with Gasteiger partial charge in [-0.15, -0.1) is 0 Å². The van der Waals surface area contributed by atoms with E-state index in [1.54, 1.807) is 21.7 Å². The Hall–Kier alpha value is -3.35. The highest BCUT2D eigenvalue weighted by atomic mass is 16.3. The van der Waals surface area contributed by atoms with E-state index in [1.165, 1.54) is 12.5 Å². The molecule has 0 aliphatic carbocycles. The highest BCUT2D eigenvalue weighted by Crippen LogP contribution is 2.16. The third-order valence-electron chi connectivity index (χ3n) is 5.01. The van der Waals surface area contributed by atoms with Gasteiger partial charge in [0, 0.05) is 24.8 Å². The van der Waals surface area contributed by atoms with Crippen LogP contribution in [-0.2, 0) is 0 Å². The summed E-state index contributed by atoms with van der Waals surface area (Å²) in [7, 11) is 0. The number of hydrogen-bond acceptors (Lipinski definition) is 4. The molecule has 0 atom stereocenters. The molecule has 3 heterocycles. The molecule has 1 fully saturated rings. The number of nitrogens with zero attached hydrogens (tertiary/aromatic N) is 3. The molecule has 0 spiro atoms. The third kappa shape index (κ3) is 3.69. The molecule has 7 nitrogen and oxygen atoms in total. The van der Waals surface area contributed by atoms with Crippen LogP contribution >= 0.6 is 0 Å². The number of aromatic nitrogens is 2. The van der Waals surface area contributed by atoms with E-state index in [-0.39, 0.29) is 17.9 Å². The van der Waals surface area contributed by atoms with Crippen molar-refractivity contribution in [2.45, 2.75) is 25.8 Å². The maximum Gasteiger partial charge on any atom is 0.272 e. The number of furan rings is 1. The smallest absolute Gasteiger partial charge is 0.272 e. The standard InChI is InChI=1S/C21H22N4O3/c1-15-13-19(23-25(15)18-5-3-2-4-6-18)20(26)22-17-7-10-24(11-8-17)21(27)16-9-12-28-14-16/h2-6,9,12-14,17H,7-8,10-11H2,1H3,(H,22,26). The summed E-state index contributed by atoms with van der Waals surface area (Å²) in [5.74, 6) is -0.215. The number of piperidine rings is 1. The second kappa shape index (κ2) is 7.72. The lowest BCUT2D eigenvalue weighted by Gasteiger charge is -2.32. The minimum atomic E-state index is -0.183. The highest BCUT2D eigenvalue weighted by molar-refractivity contribution is 5.94. The van der Waals surface area contributed by atoms with Crippen LogP contribution in [0.4, 0.5) is 0 Å². The Balaban J connectivity index is 1.36. The average molecular weight is 378 g/mol. The number of benzene rings is 1. The quantitative estimate of drug-likeness (QED) is 0.757. The first-order valence-corrected chi connectivity index (χ1v) is 9.36. The number of nitrogens with one attached hydrogen (secondary N) is 1. The first kappa shape index (κ1) is 18.0. The Morgan fingerprint density at radius 3 is 2.57 bits per heavy atom. The van der Waals surface area contributed by atoms with Crippen LogP contribution in [0.2, 0.25) is 0 Å². The molecule has 28 heavy (non-hydrogen) atoms. The average Bonchev–Trinajstić information content (AvgIpc) is 3.39. The van der Waals surface area contributed by atoms with Crippen LogP contribution in [0.5, 0.6) is 0 Å². The van der Waals surface area contributed by atoms with Crippen molar-refractivity contribution in [1.82, 2.24) is 20.0 Å². The molecule has 7 heteroatoms. The van der Waals surface area contributed by atoms with Gasteiger partial charge in [0.2, 0.25) is 0 Å². The summed E-state index contributed by atoms with van der Waals surface area (Å²) >= 11 is 0. The largest absolute Gasteiger partial charge is 0.472 e. The fraction of sp³-hybridized carbons (Fsp3) is 0.286. The predicted molar refractivity (Wildman–Crippen MR) is 103 cm³/mol. The van der Waals surface area contributed by atoms with Gasteiger partial charge in [0.25, 0.3) is 11.8 Å². The van der Waals surface area contributed by atoms with Crippen LogP contribution in [0.25, 0.3) is 5.69 Å². The van der Waals surface area contributed by atoms with Gasteiger partial charge in [0.1, 0.15) is 6.26 Å². The Kier molecular flexibility index (Phi) is 4.97. The zero-order valence-electron chi connectivity index (χ0n) is 15.7. The molecular formula is C21H22N4O3. The molecule has 0 unspecified atom stereocenters. The van der Waals surface area contributed by atoms with Crippen LogP contribution in [0.1, 0.15) is 39.4 Å². The molecule has 0 radical (unpaired) electrons. The summed E-state index contributed by atoms with van der Waals surface area (Å²) in [4.78, 5) is 26.8. The zero-order valence-corrected chi connectivity index (χ0v) is 15.7. The topological polar surface area (TPSA) is 80.4 Å². The van der Waals surface area contributed by atoms with E-state index in [0.29, 0.717) is 37.2 Å². The van der Waals surface area contributed by atoms with Crippen LogP contribution < -0.4 is 5.32 Å². The molecule has 2 amide bonds. The van der Waals surface area contributed by atoms with Crippen molar-refractivity contribution in [3.63, 3.8) is 0 Å². The molecule has 3 aromatic rings. The summed E-state index contributed by atoms with van der Waals surface area (Å²) in [5.41, 5.74) is 2.78. The molecule has 1 aromatic carbocycles. The van der Waals surface area contributed by atoms with Crippen molar-refractivity contribution in [3.8, 4) is 5.69 Å². The van der Waals surface area contributed by atoms with Gasteiger partial charge in [0.15, 0.2) is 5.69 Å². The van der Waals surface area contributed by atoms with Crippen molar-refractivity contribution in [2.24, 2.45) is 0 Å². The lowest BCUT2D eigenvalue weighted by Crippen LogP contribution is -2.46. The normalized spacial score (nSPS) is 14.8. The number of rotatable bonds is 4. The lowest BCUT2D eigenvalue weighted by molar-refractivity contribution is 0.0697. The SMILES string of the molecule is Cc1cc(C(=O)NC2CCN(C(=O)c3ccoc3)CC2)nn1-c1ccccc1. The number of aryl methyl sites for hydroxylation is 1. The summed E-state index contributed by atoms with van der Waals surface area (Å²) < 4.78 is 6.74. The van der Waals surface area contributed by atoms with Crippen molar-refractivity contribution in [3.05, 3.63) is 71.9 Å². The van der Waals surface area contributed by atoms with Crippen molar-refractivity contribution >= 4 is 11.8 Å². The van der Waals surface area contributed by atoms with E-state index >= 15 is 0 Å². The molecule has 0 bridgehead atoms. The second-order valence-electron chi connectivity index (χ2n) is 6.97. The Morgan fingerprint density at radius 2 is 1.89 bits per heavy atom. The van der Waals surface area contributed by atoms with E-state index in [4.69, 9.17) is 4.42 Å². The molecule has 1 N–H and O–H groups in total. The number of amides is 2. The van der Waals surface area contributed by atoms with Gasteiger partial charge in [-0.3, -0.25) is 9.59 Å². The molecule has 1 aliphatic rings. The summed E-state index contributed by atoms with van der Waals surface area (Å²) in [6.07, 6.45) is 4.39. The molecule has 144 valence electrons. The number of carbonyl (C=O) groups is 2. The fourth-order valence-corrected chi connectivity index (χ4v) is 3.47. The van der Waals surface area contributed by atoms with Crippen LogP contribution in [0.3, 0.4) is 0 Å². The summed E-state index contributed by atoms with van der Waals surface area (Å²) in [6.45, 7) is 3.13. The molecule has 2 aromatic heterocycles. The van der Waals surface area contributed by atoms with Crippen molar-refractivity contribution in [1.29, 1.82) is 0 Å². The van der Waals surface area contributed by atoms with Crippen molar-refractivity contribution < 1.29 is 14.0 Å². The van der Waals surface area contributed by atoms with Gasteiger partial charge >= 0.3 is 0 Å². The summed E-state index contributed by atoms with van der Waals surface area (Å²) in [6, 6.07) is 13.2. The number of para-hydroxylation sites is 1. The lowest BCUT2D eigenvalue weighted by atomic mass is 10.0. The molecule has 4 rings (SSSR count). The molecular weight excluding hydrogens is 356 g/mol. The maximum atomic E-state index is 12.6. The van der Waals surface area contributed by atoms with E-state index in [0.717, 1.165) is 11.4 Å². The van der Waals surface area contributed by atoms with E-state index in [2.05, 4.69) is 10.4 Å². The maximum absolute atomic E-state index is 12.6. The zero-order chi connectivity index (χ0) is 19.5. The Morgan fingerprint density at radius 1 is 1.14 bits per heavy atom.